The maximum absolute atomic E-state index is 10.6. The Labute approximate surface area is 272 Å². The molecule has 0 rings (SSSR count). The second kappa shape index (κ2) is 45.6. The first-order chi connectivity index (χ1) is 21.0. The Morgan fingerprint density at radius 2 is 0.727 bits per heavy atom. The Hall–Kier alpha value is -1.79. The van der Waals surface area contributed by atoms with E-state index >= 15 is 0 Å². The van der Waals surface area contributed by atoms with E-state index in [0.29, 0.717) is 26.1 Å². The van der Waals surface area contributed by atoms with Crippen LogP contribution in [0.5, 0.6) is 0 Å². The van der Waals surface area contributed by atoms with Crippen molar-refractivity contribution in [3.8, 4) is 0 Å². The smallest absolute Gasteiger partial charge is 0.221 e. The van der Waals surface area contributed by atoms with Gasteiger partial charge in [0.15, 0.2) is 0 Å². The molecule has 0 spiro atoms. The largest absolute Gasteiger partial charge is 0.369 e. The van der Waals surface area contributed by atoms with Crippen LogP contribution in [0.4, 0.5) is 0 Å². The lowest BCUT2D eigenvalue weighted by Gasteiger charge is -2.08. The molecule has 11 heteroatoms. The maximum Gasteiger partial charge on any atom is 0.221 e. The summed E-state index contributed by atoms with van der Waals surface area (Å²) >= 11 is 0. The van der Waals surface area contributed by atoms with Gasteiger partial charge < -0.3 is 45.9 Å². The summed E-state index contributed by atoms with van der Waals surface area (Å²) in [7, 11) is 0. The maximum atomic E-state index is 10.6. The molecule has 44 heavy (non-hydrogen) atoms. The lowest BCUT2D eigenvalue weighted by Crippen LogP contribution is -2.28. The van der Waals surface area contributed by atoms with Crippen LogP contribution in [0.2, 0.25) is 0 Å². The molecule has 0 aromatic rings. The fourth-order valence-corrected chi connectivity index (χ4v) is 3.82. The highest BCUT2D eigenvalue weighted by atomic mass is 16.2. The summed E-state index contributed by atoms with van der Waals surface area (Å²) in [5.74, 6) is -0.845. The van der Waals surface area contributed by atoms with Crippen molar-refractivity contribution in [2.45, 2.75) is 144 Å². The van der Waals surface area contributed by atoms with Gasteiger partial charge in [-0.2, -0.15) is 0 Å². The molecule has 268 valence electrons. The van der Waals surface area contributed by atoms with Gasteiger partial charge in [-0.15, -0.1) is 0 Å². The van der Waals surface area contributed by atoms with Crippen LogP contribution in [0.15, 0.2) is 0 Å². The molecule has 0 saturated carbocycles. The summed E-state index contributed by atoms with van der Waals surface area (Å²) in [5, 5.41) is 0. The van der Waals surface area contributed by atoms with Crippen molar-refractivity contribution in [2.24, 2.45) is 63.6 Å². The first-order valence-corrected chi connectivity index (χ1v) is 17.4. The molecule has 0 heterocycles. The van der Waals surface area contributed by atoms with Gasteiger partial charge in [0.05, 0.1) is 0 Å². The minimum atomic E-state index is -0.296. The van der Waals surface area contributed by atoms with E-state index in [1.807, 2.05) is 20.8 Å². The number of unbranched alkanes of at least 4 members (excludes halogenated alkanes) is 9. The predicted molar refractivity (Wildman–Crippen MR) is 190 cm³/mol. The summed E-state index contributed by atoms with van der Waals surface area (Å²) in [5.41, 5.74) is 41.4. The summed E-state index contributed by atoms with van der Waals surface area (Å²) in [4.78, 5) is 31.4. The third-order valence-corrected chi connectivity index (χ3v) is 7.11. The van der Waals surface area contributed by atoms with Gasteiger partial charge in [0.1, 0.15) is 0 Å². The normalized spacial score (nSPS) is 11.9. The van der Waals surface area contributed by atoms with Crippen molar-refractivity contribution in [1.29, 1.82) is 0 Å². The standard InChI is InChI=1S/C8H19N.C7H16N2O.C7H17N.C6H14N2O.C5H12N2O/c1-2-3-4-5-6-7-8-9;1-2-6(7(9)10)4-3-5-8;1-2-3-4-5-6-7-8;1-2-5(3-4-7)6(8)9;1-2-4(3-6)5(7)8/h2-9H2,1H3;6H,2-5,8H2,1H3,(H2,9,10);2-8H2,1H3;5H,2-4,7H2,1H3,(H2,8,9);4H,2-3,6H2,1H3,(H2,7,8). The molecule has 3 atom stereocenters. The van der Waals surface area contributed by atoms with Crippen LogP contribution in [0.25, 0.3) is 0 Å². The first kappa shape index (κ1) is 51.8. The van der Waals surface area contributed by atoms with E-state index in [2.05, 4.69) is 13.8 Å². The van der Waals surface area contributed by atoms with Crippen molar-refractivity contribution >= 4 is 17.7 Å². The molecule has 3 unspecified atom stereocenters. The van der Waals surface area contributed by atoms with E-state index in [-0.39, 0.29) is 35.5 Å². The Balaban J connectivity index is -0.000000144. The van der Waals surface area contributed by atoms with Crippen molar-refractivity contribution in [3.63, 3.8) is 0 Å². The highest BCUT2D eigenvalue weighted by molar-refractivity contribution is 5.77. The third-order valence-electron chi connectivity index (χ3n) is 7.11. The minimum absolute atomic E-state index is 0.0185. The average Bonchev–Trinajstić information content (AvgIpc) is 3.00. The highest BCUT2D eigenvalue weighted by Gasteiger charge is 2.11. The van der Waals surface area contributed by atoms with Crippen LogP contribution < -0.4 is 45.9 Å². The van der Waals surface area contributed by atoms with Gasteiger partial charge in [0.25, 0.3) is 0 Å². The number of primary amides is 3. The zero-order valence-electron chi connectivity index (χ0n) is 29.6. The van der Waals surface area contributed by atoms with E-state index in [0.717, 1.165) is 45.2 Å². The van der Waals surface area contributed by atoms with Gasteiger partial charge in [-0.1, -0.05) is 92.4 Å². The molecule has 0 radical (unpaired) electrons. The lowest BCUT2D eigenvalue weighted by atomic mass is 10.00. The average molecular weight is 635 g/mol. The van der Waals surface area contributed by atoms with Crippen LogP contribution >= 0.6 is 0 Å². The molecule has 0 saturated heterocycles. The third kappa shape index (κ3) is 47.1. The first-order valence-electron chi connectivity index (χ1n) is 17.4. The van der Waals surface area contributed by atoms with Crippen molar-refractivity contribution in [3.05, 3.63) is 0 Å². The molecular formula is C33H78N8O3. The summed E-state index contributed by atoms with van der Waals surface area (Å²) in [6, 6.07) is 0. The zero-order chi connectivity index (χ0) is 35.0. The van der Waals surface area contributed by atoms with Crippen molar-refractivity contribution in [2.75, 3.05) is 32.7 Å². The predicted octanol–water partition coefficient (Wildman–Crippen LogP) is 3.76. The fraction of sp³-hybridized carbons (Fsp3) is 0.909. The minimum Gasteiger partial charge on any atom is -0.369 e. The van der Waals surface area contributed by atoms with E-state index in [4.69, 9.17) is 45.9 Å². The number of hydrogen-bond donors (Lipinski definition) is 8. The van der Waals surface area contributed by atoms with Crippen LogP contribution in [0, 0.1) is 17.8 Å². The number of carbonyl (C=O) groups excluding carboxylic acids is 3. The molecule has 0 aliphatic rings. The Morgan fingerprint density at radius 3 is 0.932 bits per heavy atom. The number of rotatable bonds is 23. The van der Waals surface area contributed by atoms with E-state index < -0.39 is 0 Å². The van der Waals surface area contributed by atoms with Crippen LogP contribution in [-0.4, -0.2) is 50.4 Å². The quantitative estimate of drug-likeness (QED) is 0.0765. The van der Waals surface area contributed by atoms with E-state index in [1.54, 1.807) is 0 Å². The molecule has 0 fully saturated rings. The lowest BCUT2D eigenvalue weighted by molar-refractivity contribution is -0.122. The molecule has 3 amide bonds. The Kier molecular flexibility index (Phi) is 53.7. The van der Waals surface area contributed by atoms with E-state index in [1.165, 1.54) is 70.6 Å². The number of nitrogens with two attached hydrogens (primary N) is 8. The molecular weight excluding hydrogens is 556 g/mol. The van der Waals surface area contributed by atoms with Crippen LogP contribution in [-0.2, 0) is 14.4 Å². The van der Waals surface area contributed by atoms with Gasteiger partial charge in [0.2, 0.25) is 17.7 Å². The molecule has 0 bridgehead atoms. The second-order valence-corrected chi connectivity index (χ2v) is 11.0. The monoisotopic (exact) mass is 635 g/mol. The van der Waals surface area contributed by atoms with Gasteiger partial charge in [0, 0.05) is 24.3 Å². The summed E-state index contributed by atoms with van der Waals surface area (Å²) < 4.78 is 0. The number of hydrogen-bond acceptors (Lipinski definition) is 8. The number of amides is 3. The van der Waals surface area contributed by atoms with Crippen molar-refractivity contribution < 1.29 is 14.4 Å². The molecule has 0 aromatic heterocycles. The Morgan fingerprint density at radius 1 is 0.409 bits per heavy atom. The summed E-state index contributed by atoms with van der Waals surface area (Å²) in [6.45, 7) is 13.5. The van der Waals surface area contributed by atoms with Crippen LogP contribution in [0.3, 0.4) is 0 Å². The van der Waals surface area contributed by atoms with Gasteiger partial charge >= 0.3 is 0 Å². The van der Waals surface area contributed by atoms with Gasteiger partial charge in [-0.05, 0) is 77.5 Å². The molecule has 0 aromatic carbocycles. The van der Waals surface area contributed by atoms with Crippen molar-refractivity contribution in [1.82, 2.24) is 0 Å². The molecule has 0 aliphatic carbocycles. The van der Waals surface area contributed by atoms with Crippen LogP contribution in [0.1, 0.15) is 144 Å². The highest BCUT2D eigenvalue weighted by Crippen LogP contribution is 2.08. The Bertz CT molecular complexity index is 567. The SMILES string of the molecule is CCC(CCCN)C(N)=O.CCC(CCN)C(N)=O.CCC(CN)C(N)=O.CCCCCCCCN.CCCCCCCN. The van der Waals surface area contributed by atoms with Gasteiger partial charge in [-0.25, -0.2) is 0 Å². The number of carbonyl (C=O) groups is 3. The topological polar surface area (TPSA) is 259 Å². The molecule has 0 aliphatic heterocycles. The second-order valence-electron chi connectivity index (χ2n) is 11.0. The zero-order valence-corrected chi connectivity index (χ0v) is 29.6. The fourth-order valence-electron chi connectivity index (χ4n) is 3.82. The van der Waals surface area contributed by atoms with Gasteiger partial charge in [-0.3, -0.25) is 14.4 Å². The van der Waals surface area contributed by atoms with E-state index in [9.17, 15) is 14.4 Å². The molecule has 16 N–H and O–H groups in total. The summed E-state index contributed by atoms with van der Waals surface area (Å²) in [6.07, 6.45) is 19.5. The molecule has 11 nitrogen and oxygen atoms in total.